The fraction of sp³-hybridized carbons (Fsp3) is 0.565. The molecule has 4 bridgehead atoms. The molecule has 0 radical (unpaired) electrons. The third kappa shape index (κ3) is 2.28. The maximum atomic E-state index is 13.5. The third-order valence-corrected chi connectivity index (χ3v) is 7.69. The van der Waals surface area contributed by atoms with Crippen LogP contribution < -0.4 is 4.74 Å². The number of nitrogens with zero attached hydrogens (tertiary/aromatic N) is 2. The standard InChI is InChI=1S/C23H27N3O3/c1-4-13-9-14-11-23(22(27)29-3)20-16(7-8-26(21(13)23)19(14)12-24)17-10-15(28-2)5-6-18(17)25-20/h5-6,10,13-14,19,21,25H,4,7-9,11H2,1-3H3. The SMILES string of the molecule is CCC1CC2CC3(C(=O)OC)c4[nH]c5ccc(OC)cc5c4CCN(C2C#N)C13. The molecule has 6 atom stereocenters. The van der Waals surface area contributed by atoms with Crippen molar-refractivity contribution in [2.24, 2.45) is 11.8 Å². The Bertz CT molecular complexity index is 1020. The van der Waals surface area contributed by atoms with Gasteiger partial charge in [0.15, 0.2) is 0 Å². The number of nitrogens with one attached hydrogen (secondary N) is 1. The van der Waals surface area contributed by atoms with Crippen molar-refractivity contribution in [3.05, 3.63) is 29.5 Å². The van der Waals surface area contributed by atoms with Gasteiger partial charge < -0.3 is 14.5 Å². The Labute approximate surface area is 170 Å². The largest absolute Gasteiger partial charge is 0.497 e. The van der Waals surface area contributed by atoms with Gasteiger partial charge in [0, 0.05) is 29.2 Å². The molecule has 6 nitrogen and oxygen atoms in total. The van der Waals surface area contributed by atoms with Crippen molar-refractivity contribution in [3.8, 4) is 11.8 Å². The number of aromatic nitrogens is 1. The number of esters is 1. The Hall–Kier alpha value is -2.52. The summed E-state index contributed by atoms with van der Waals surface area (Å²) in [6, 6.07) is 8.46. The molecule has 152 valence electrons. The molecule has 1 aliphatic carbocycles. The molecule has 2 aromatic rings. The maximum Gasteiger partial charge on any atom is 0.319 e. The van der Waals surface area contributed by atoms with Gasteiger partial charge in [-0.25, -0.2) is 0 Å². The first-order chi connectivity index (χ1) is 14.1. The number of hydrogen-bond acceptors (Lipinski definition) is 5. The van der Waals surface area contributed by atoms with Crippen molar-refractivity contribution in [1.82, 2.24) is 9.88 Å². The summed E-state index contributed by atoms with van der Waals surface area (Å²) >= 11 is 0. The zero-order chi connectivity index (χ0) is 20.3. The zero-order valence-electron chi connectivity index (χ0n) is 17.2. The number of rotatable bonds is 3. The molecule has 6 rings (SSSR count). The van der Waals surface area contributed by atoms with Crippen molar-refractivity contribution >= 4 is 16.9 Å². The van der Waals surface area contributed by atoms with Crippen LogP contribution in [0.4, 0.5) is 0 Å². The van der Waals surface area contributed by atoms with Crippen molar-refractivity contribution in [2.75, 3.05) is 20.8 Å². The number of benzene rings is 1. The van der Waals surface area contributed by atoms with Crippen LogP contribution in [0.3, 0.4) is 0 Å². The van der Waals surface area contributed by atoms with Gasteiger partial charge in [-0.2, -0.15) is 5.26 Å². The zero-order valence-corrected chi connectivity index (χ0v) is 17.2. The number of carbonyl (C=O) groups excluding carboxylic acids is 1. The number of ether oxygens (including phenoxy) is 2. The normalized spacial score (nSPS) is 34.9. The summed E-state index contributed by atoms with van der Waals surface area (Å²) in [7, 11) is 3.16. The molecule has 6 heteroatoms. The van der Waals surface area contributed by atoms with Gasteiger partial charge in [-0.3, -0.25) is 9.69 Å². The average Bonchev–Trinajstić information content (AvgIpc) is 3.08. The van der Waals surface area contributed by atoms with E-state index in [2.05, 4.69) is 28.9 Å². The van der Waals surface area contributed by atoms with Crippen molar-refractivity contribution < 1.29 is 14.3 Å². The van der Waals surface area contributed by atoms with E-state index in [0.717, 1.165) is 48.2 Å². The fourth-order valence-electron chi connectivity index (χ4n) is 6.60. The molecule has 29 heavy (non-hydrogen) atoms. The Morgan fingerprint density at radius 2 is 2.24 bits per heavy atom. The summed E-state index contributed by atoms with van der Waals surface area (Å²) < 4.78 is 10.9. The Balaban J connectivity index is 1.80. The van der Waals surface area contributed by atoms with E-state index >= 15 is 0 Å². The van der Waals surface area contributed by atoms with Crippen molar-refractivity contribution in [1.29, 1.82) is 5.26 Å². The molecule has 4 heterocycles. The maximum absolute atomic E-state index is 13.5. The summed E-state index contributed by atoms with van der Waals surface area (Å²) in [4.78, 5) is 19.4. The molecule has 1 saturated carbocycles. The first-order valence-corrected chi connectivity index (χ1v) is 10.5. The molecular weight excluding hydrogens is 366 g/mol. The highest BCUT2D eigenvalue weighted by Gasteiger charge is 2.65. The fourth-order valence-corrected chi connectivity index (χ4v) is 6.60. The highest BCUT2D eigenvalue weighted by atomic mass is 16.5. The van der Waals surface area contributed by atoms with E-state index in [-0.39, 0.29) is 24.0 Å². The minimum absolute atomic E-state index is 0.00851. The summed E-state index contributed by atoms with van der Waals surface area (Å²) in [6.45, 7) is 2.98. The molecule has 3 aliphatic heterocycles. The number of hydrogen-bond donors (Lipinski definition) is 1. The van der Waals surface area contributed by atoms with Crippen molar-refractivity contribution in [3.63, 3.8) is 0 Å². The van der Waals surface area contributed by atoms with Crippen LogP contribution >= 0.6 is 0 Å². The second-order valence-corrected chi connectivity index (χ2v) is 8.73. The highest BCUT2D eigenvalue weighted by molar-refractivity contribution is 5.92. The van der Waals surface area contributed by atoms with Gasteiger partial charge in [0.1, 0.15) is 17.2 Å². The third-order valence-electron chi connectivity index (χ3n) is 7.69. The van der Waals surface area contributed by atoms with E-state index in [4.69, 9.17) is 9.47 Å². The van der Waals surface area contributed by atoms with Gasteiger partial charge in [0.05, 0.1) is 20.3 Å². The van der Waals surface area contributed by atoms with Crippen LogP contribution in [-0.4, -0.2) is 48.7 Å². The molecule has 6 unspecified atom stereocenters. The molecular formula is C23H27N3O3. The van der Waals surface area contributed by atoms with Gasteiger partial charge in [-0.15, -0.1) is 0 Å². The number of nitriles is 1. The molecule has 4 aliphatic rings. The summed E-state index contributed by atoms with van der Waals surface area (Å²) in [6.07, 6.45) is 3.49. The average molecular weight is 393 g/mol. The lowest BCUT2D eigenvalue weighted by atomic mass is 9.54. The van der Waals surface area contributed by atoms with E-state index in [9.17, 15) is 10.1 Å². The minimum atomic E-state index is -0.746. The molecule has 0 amide bonds. The van der Waals surface area contributed by atoms with Gasteiger partial charge in [0.2, 0.25) is 0 Å². The summed E-state index contributed by atoms with van der Waals surface area (Å²) in [5.41, 5.74) is 2.45. The Morgan fingerprint density at radius 3 is 2.93 bits per heavy atom. The Kier molecular flexibility index (Phi) is 4.15. The Morgan fingerprint density at radius 1 is 1.41 bits per heavy atom. The van der Waals surface area contributed by atoms with E-state index in [1.54, 1.807) is 7.11 Å². The summed E-state index contributed by atoms with van der Waals surface area (Å²) in [5.74, 6) is 1.20. The minimum Gasteiger partial charge on any atom is -0.497 e. The lowest BCUT2D eigenvalue weighted by Crippen LogP contribution is -2.70. The predicted molar refractivity (Wildman–Crippen MR) is 109 cm³/mol. The second-order valence-electron chi connectivity index (χ2n) is 8.73. The van der Waals surface area contributed by atoms with Crippen LogP contribution in [-0.2, 0) is 21.4 Å². The lowest BCUT2D eigenvalue weighted by molar-refractivity contribution is -0.165. The second kappa shape index (κ2) is 6.50. The van der Waals surface area contributed by atoms with Crippen LogP contribution in [0, 0.1) is 23.2 Å². The number of H-pyrrole nitrogens is 1. The molecule has 0 spiro atoms. The summed E-state index contributed by atoms with van der Waals surface area (Å²) in [5, 5.41) is 11.0. The molecule has 1 N–H and O–H groups in total. The number of methoxy groups -OCH3 is 2. The predicted octanol–water partition coefficient (Wildman–Crippen LogP) is 3.16. The number of aromatic amines is 1. The van der Waals surface area contributed by atoms with E-state index < -0.39 is 5.41 Å². The van der Waals surface area contributed by atoms with E-state index in [1.807, 2.05) is 12.1 Å². The molecule has 1 aromatic carbocycles. The van der Waals surface area contributed by atoms with Crippen LogP contribution in [0.15, 0.2) is 18.2 Å². The van der Waals surface area contributed by atoms with Crippen LogP contribution in [0.5, 0.6) is 5.75 Å². The first kappa shape index (κ1) is 18.5. The number of piperidine rings is 2. The van der Waals surface area contributed by atoms with Crippen LogP contribution in [0.1, 0.15) is 37.4 Å². The number of fused-ring (bicyclic) bond motifs is 4. The van der Waals surface area contributed by atoms with E-state index in [0.29, 0.717) is 12.3 Å². The van der Waals surface area contributed by atoms with Gasteiger partial charge in [-0.05, 0) is 54.9 Å². The first-order valence-electron chi connectivity index (χ1n) is 10.5. The molecule has 3 fully saturated rings. The van der Waals surface area contributed by atoms with E-state index in [1.165, 1.54) is 12.7 Å². The van der Waals surface area contributed by atoms with Gasteiger partial charge >= 0.3 is 5.97 Å². The van der Waals surface area contributed by atoms with Gasteiger partial charge in [-0.1, -0.05) is 13.3 Å². The van der Waals surface area contributed by atoms with Crippen LogP contribution in [0.25, 0.3) is 10.9 Å². The smallest absolute Gasteiger partial charge is 0.319 e. The molecule has 1 aromatic heterocycles. The lowest BCUT2D eigenvalue weighted by Gasteiger charge is -2.59. The van der Waals surface area contributed by atoms with Crippen molar-refractivity contribution in [2.45, 2.75) is 50.1 Å². The monoisotopic (exact) mass is 393 g/mol. The van der Waals surface area contributed by atoms with Gasteiger partial charge in [0.25, 0.3) is 0 Å². The van der Waals surface area contributed by atoms with Crippen LogP contribution in [0.2, 0.25) is 0 Å². The highest BCUT2D eigenvalue weighted by Crippen LogP contribution is 2.57. The quantitative estimate of drug-likeness (QED) is 0.811. The number of carbonyl (C=O) groups is 1. The molecule has 2 saturated heterocycles. The topological polar surface area (TPSA) is 78.4 Å².